The SMILES string of the molecule is Cc1cccc(NC(=S)/C(=C(\O)c2ccc(OC(F)F)cc2)[n+]2ccccc2)c1. The van der Waals surface area contributed by atoms with E-state index in [-0.39, 0.29) is 11.5 Å². The number of aliphatic hydroxyl groups is 1. The Labute approximate surface area is 172 Å². The summed E-state index contributed by atoms with van der Waals surface area (Å²) in [5, 5.41) is 14.1. The predicted octanol–water partition coefficient (Wildman–Crippen LogP) is 5.21. The van der Waals surface area contributed by atoms with E-state index >= 15 is 0 Å². The van der Waals surface area contributed by atoms with Crippen molar-refractivity contribution in [2.75, 3.05) is 5.32 Å². The molecule has 0 aliphatic heterocycles. The average Bonchev–Trinajstić information content (AvgIpc) is 2.69. The summed E-state index contributed by atoms with van der Waals surface area (Å²) in [4.78, 5) is 0.303. The zero-order valence-corrected chi connectivity index (χ0v) is 16.4. The number of benzene rings is 2. The first-order chi connectivity index (χ1) is 13.9. The number of nitrogens with zero attached hydrogens (tertiary/aromatic N) is 1. The van der Waals surface area contributed by atoms with Gasteiger partial charge in [-0.15, -0.1) is 0 Å². The molecule has 7 heteroatoms. The fourth-order valence-corrected chi connectivity index (χ4v) is 3.06. The van der Waals surface area contributed by atoms with E-state index in [1.807, 2.05) is 49.4 Å². The molecule has 0 aliphatic rings. The summed E-state index contributed by atoms with van der Waals surface area (Å²) in [7, 11) is 0. The second-order valence-electron chi connectivity index (χ2n) is 6.21. The number of rotatable bonds is 6. The van der Waals surface area contributed by atoms with Gasteiger partial charge in [0.05, 0.1) is 0 Å². The molecule has 0 saturated heterocycles. The van der Waals surface area contributed by atoms with E-state index in [0.29, 0.717) is 16.2 Å². The number of hydrogen-bond acceptors (Lipinski definition) is 3. The third kappa shape index (κ3) is 5.36. The second kappa shape index (κ2) is 9.25. The van der Waals surface area contributed by atoms with Gasteiger partial charge < -0.3 is 15.2 Å². The summed E-state index contributed by atoms with van der Waals surface area (Å²) < 4.78 is 30.8. The van der Waals surface area contributed by atoms with Crippen LogP contribution in [0.5, 0.6) is 5.75 Å². The van der Waals surface area contributed by atoms with Crippen LogP contribution in [0.4, 0.5) is 14.5 Å². The van der Waals surface area contributed by atoms with Crippen molar-refractivity contribution in [3.05, 3.63) is 90.3 Å². The normalized spacial score (nSPS) is 11.7. The van der Waals surface area contributed by atoms with Gasteiger partial charge in [0.25, 0.3) is 5.70 Å². The van der Waals surface area contributed by atoms with Crippen molar-refractivity contribution < 1.29 is 23.2 Å². The van der Waals surface area contributed by atoms with Crippen molar-refractivity contribution in [3.63, 3.8) is 0 Å². The fraction of sp³-hybridized carbons (Fsp3) is 0.0909. The van der Waals surface area contributed by atoms with Crippen LogP contribution in [0.1, 0.15) is 11.1 Å². The molecule has 0 fully saturated rings. The molecule has 0 spiro atoms. The third-order valence-electron chi connectivity index (χ3n) is 4.04. The summed E-state index contributed by atoms with van der Waals surface area (Å²) in [6, 6.07) is 18.9. The Morgan fingerprint density at radius 1 is 1.03 bits per heavy atom. The highest BCUT2D eigenvalue weighted by Crippen LogP contribution is 2.22. The van der Waals surface area contributed by atoms with Crippen LogP contribution in [0.15, 0.2) is 79.1 Å². The Morgan fingerprint density at radius 2 is 1.72 bits per heavy atom. The van der Waals surface area contributed by atoms with Crippen LogP contribution in [0.25, 0.3) is 11.5 Å². The standard InChI is InChI=1S/C22H18F2N2O2S/c1-15-6-5-7-17(14-15)25-21(29)19(26-12-3-2-4-13-26)20(27)16-8-10-18(11-9-16)28-22(23)24/h2-14,22H,1H3,(H-,25,27,29)/p+1. The van der Waals surface area contributed by atoms with Crippen LogP contribution < -0.4 is 14.6 Å². The molecule has 1 aromatic heterocycles. The molecular weight excluding hydrogens is 394 g/mol. The molecule has 1 heterocycles. The molecule has 0 saturated carbocycles. The minimum atomic E-state index is -2.91. The van der Waals surface area contributed by atoms with Gasteiger partial charge in [-0.1, -0.05) is 30.4 Å². The largest absolute Gasteiger partial charge is 0.502 e. The second-order valence-corrected chi connectivity index (χ2v) is 6.61. The minimum Gasteiger partial charge on any atom is -0.502 e. The lowest BCUT2D eigenvalue weighted by atomic mass is 10.1. The first-order valence-corrected chi connectivity index (χ1v) is 9.18. The summed E-state index contributed by atoms with van der Waals surface area (Å²) in [6.45, 7) is -0.941. The molecule has 3 aromatic rings. The van der Waals surface area contributed by atoms with E-state index in [9.17, 15) is 13.9 Å². The number of thiocarbonyl (C=S) groups is 1. The van der Waals surface area contributed by atoms with E-state index in [4.69, 9.17) is 12.2 Å². The first kappa shape index (κ1) is 20.4. The molecule has 2 aromatic carbocycles. The average molecular weight is 413 g/mol. The Morgan fingerprint density at radius 3 is 2.34 bits per heavy atom. The van der Waals surface area contributed by atoms with Gasteiger partial charge in [-0.2, -0.15) is 13.3 Å². The van der Waals surface area contributed by atoms with Gasteiger partial charge in [0.1, 0.15) is 5.75 Å². The number of anilines is 1. The Kier molecular flexibility index (Phi) is 6.51. The van der Waals surface area contributed by atoms with E-state index in [0.717, 1.165) is 11.3 Å². The first-order valence-electron chi connectivity index (χ1n) is 8.77. The fourth-order valence-electron chi connectivity index (χ4n) is 2.74. The molecule has 4 nitrogen and oxygen atoms in total. The van der Waals surface area contributed by atoms with Gasteiger partial charge in [-0.05, 0) is 48.9 Å². The lowest BCUT2D eigenvalue weighted by Crippen LogP contribution is -2.38. The molecule has 0 amide bonds. The van der Waals surface area contributed by atoms with E-state index < -0.39 is 6.61 Å². The maximum absolute atomic E-state index is 12.4. The molecule has 148 valence electrons. The van der Waals surface area contributed by atoms with Crippen LogP contribution in [0.3, 0.4) is 0 Å². The van der Waals surface area contributed by atoms with Gasteiger partial charge in [0, 0.05) is 23.4 Å². The summed E-state index contributed by atoms with van der Waals surface area (Å²) in [6.07, 6.45) is 3.51. The number of aryl methyl sites for hydroxylation is 1. The van der Waals surface area contributed by atoms with Gasteiger partial charge in [0.15, 0.2) is 23.1 Å². The summed E-state index contributed by atoms with van der Waals surface area (Å²) in [5.41, 5.74) is 2.61. The van der Waals surface area contributed by atoms with Gasteiger partial charge in [0.2, 0.25) is 0 Å². The van der Waals surface area contributed by atoms with E-state index in [1.165, 1.54) is 24.3 Å². The molecule has 0 atom stereocenters. The molecular formula is C22H19F2N2O2S+. The number of aromatic nitrogens is 1. The highest BCUT2D eigenvalue weighted by atomic mass is 32.1. The number of nitrogens with one attached hydrogen (secondary N) is 1. The number of halogens is 2. The van der Waals surface area contributed by atoms with Crippen LogP contribution >= 0.6 is 12.2 Å². The van der Waals surface area contributed by atoms with Crippen molar-refractivity contribution in [2.45, 2.75) is 13.5 Å². The maximum atomic E-state index is 12.4. The van der Waals surface area contributed by atoms with Crippen molar-refractivity contribution in [2.24, 2.45) is 0 Å². The lowest BCUT2D eigenvalue weighted by Gasteiger charge is -2.11. The third-order valence-corrected chi connectivity index (χ3v) is 4.34. The molecule has 2 N–H and O–H groups in total. The van der Waals surface area contributed by atoms with Crippen LogP contribution in [0.2, 0.25) is 0 Å². The van der Waals surface area contributed by atoms with Crippen molar-refractivity contribution in [1.82, 2.24) is 0 Å². The zero-order valence-electron chi connectivity index (χ0n) is 15.5. The highest BCUT2D eigenvalue weighted by molar-refractivity contribution is 7.81. The van der Waals surface area contributed by atoms with Crippen molar-refractivity contribution in [3.8, 4) is 5.75 Å². The van der Waals surface area contributed by atoms with Gasteiger partial charge in [-0.25, -0.2) is 0 Å². The van der Waals surface area contributed by atoms with Crippen molar-refractivity contribution >= 4 is 34.3 Å². The number of pyridine rings is 1. The van der Waals surface area contributed by atoms with E-state index in [2.05, 4.69) is 10.1 Å². The minimum absolute atomic E-state index is 0.00549. The van der Waals surface area contributed by atoms with Crippen molar-refractivity contribution in [1.29, 1.82) is 0 Å². The molecule has 0 aliphatic carbocycles. The van der Waals surface area contributed by atoms with Gasteiger partial charge >= 0.3 is 6.61 Å². The quantitative estimate of drug-likeness (QED) is 0.252. The molecule has 29 heavy (non-hydrogen) atoms. The molecule has 0 unspecified atom stereocenters. The van der Waals surface area contributed by atoms with E-state index in [1.54, 1.807) is 17.0 Å². The zero-order chi connectivity index (χ0) is 20.8. The van der Waals surface area contributed by atoms with Crippen LogP contribution in [-0.2, 0) is 0 Å². The topological polar surface area (TPSA) is 45.4 Å². The Balaban J connectivity index is 1.99. The number of alkyl halides is 2. The Hall–Kier alpha value is -3.32. The lowest BCUT2D eigenvalue weighted by molar-refractivity contribution is -0.575. The summed E-state index contributed by atoms with van der Waals surface area (Å²) >= 11 is 5.57. The smallest absolute Gasteiger partial charge is 0.387 e. The van der Waals surface area contributed by atoms with Gasteiger partial charge in [-0.3, -0.25) is 0 Å². The maximum Gasteiger partial charge on any atom is 0.387 e. The monoisotopic (exact) mass is 413 g/mol. The van der Waals surface area contributed by atoms with Crippen LogP contribution in [-0.4, -0.2) is 16.7 Å². The number of ether oxygens (including phenoxy) is 1. The number of aliphatic hydroxyl groups excluding tert-OH is 1. The number of hydrogen-bond donors (Lipinski definition) is 2. The predicted molar refractivity (Wildman–Crippen MR) is 113 cm³/mol. The summed E-state index contributed by atoms with van der Waals surface area (Å²) in [5.74, 6) is -0.0964. The molecule has 0 radical (unpaired) electrons. The molecule has 3 rings (SSSR count). The van der Waals surface area contributed by atoms with Crippen LogP contribution in [0, 0.1) is 6.92 Å². The molecule has 0 bridgehead atoms. The highest BCUT2D eigenvalue weighted by Gasteiger charge is 2.23. The Bertz CT molecular complexity index is 1020.